The third kappa shape index (κ3) is 5.06. The van der Waals surface area contributed by atoms with Gasteiger partial charge in [-0.1, -0.05) is 38.1 Å². The number of rotatable bonds is 6. The van der Waals surface area contributed by atoms with Gasteiger partial charge in [0.05, 0.1) is 6.10 Å². The van der Waals surface area contributed by atoms with Gasteiger partial charge < -0.3 is 5.11 Å². The second kappa shape index (κ2) is 7.14. The van der Waals surface area contributed by atoms with Crippen LogP contribution in [0.4, 0.5) is 0 Å². The van der Waals surface area contributed by atoms with Crippen molar-refractivity contribution in [1.29, 1.82) is 0 Å². The highest BCUT2D eigenvalue weighted by molar-refractivity contribution is 5.24. The minimum Gasteiger partial charge on any atom is -0.388 e. The summed E-state index contributed by atoms with van der Waals surface area (Å²) in [6.07, 6.45) is 8.26. The fourth-order valence-corrected chi connectivity index (χ4v) is 1.91. The average molecular weight is 230 g/mol. The summed E-state index contributed by atoms with van der Waals surface area (Å²) in [7, 11) is 0. The Morgan fingerprint density at radius 3 is 2.41 bits per heavy atom. The highest BCUT2D eigenvalue weighted by atomic mass is 16.3. The lowest BCUT2D eigenvalue weighted by Gasteiger charge is -2.11. The number of unbranched alkanes of at least 4 members (excludes halogenated alkanes) is 1. The van der Waals surface area contributed by atoms with Crippen molar-refractivity contribution in [2.75, 3.05) is 0 Å². The molecule has 0 aromatic heterocycles. The normalized spacial score (nSPS) is 12.4. The van der Waals surface area contributed by atoms with Gasteiger partial charge in [0.25, 0.3) is 0 Å². The van der Waals surface area contributed by atoms with Gasteiger partial charge in [0.15, 0.2) is 0 Å². The summed E-state index contributed by atoms with van der Waals surface area (Å²) in [5.74, 6) is 3.26. The molecule has 0 saturated carbocycles. The lowest BCUT2D eigenvalue weighted by Crippen LogP contribution is -1.99. The van der Waals surface area contributed by atoms with Crippen molar-refractivity contribution in [3.63, 3.8) is 0 Å². The fourth-order valence-electron chi connectivity index (χ4n) is 1.91. The standard InChI is InChI=1S/C16H22O/c1-4-5-6-7-16(17)15-10-8-14(9-11-15)12-13(2)3/h1,8-11,13,16-17H,5-7,12H2,2-3H3. The van der Waals surface area contributed by atoms with Crippen molar-refractivity contribution in [2.45, 2.75) is 45.6 Å². The van der Waals surface area contributed by atoms with E-state index in [9.17, 15) is 5.11 Å². The maximum atomic E-state index is 9.95. The van der Waals surface area contributed by atoms with Crippen LogP contribution in [-0.4, -0.2) is 5.11 Å². The second-order valence-corrected chi connectivity index (χ2v) is 4.95. The lowest BCUT2D eigenvalue weighted by molar-refractivity contribution is 0.165. The summed E-state index contributed by atoms with van der Waals surface area (Å²) >= 11 is 0. The summed E-state index contributed by atoms with van der Waals surface area (Å²) in [6.45, 7) is 4.42. The van der Waals surface area contributed by atoms with E-state index >= 15 is 0 Å². The monoisotopic (exact) mass is 230 g/mol. The largest absolute Gasteiger partial charge is 0.388 e. The van der Waals surface area contributed by atoms with Gasteiger partial charge >= 0.3 is 0 Å². The average Bonchev–Trinajstić information content (AvgIpc) is 2.29. The van der Waals surface area contributed by atoms with Crippen LogP contribution in [0.5, 0.6) is 0 Å². The van der Waals surface area contributed by atoms with Crippen LogP contribution in [0, 0.1) is 18.3 Å². The molecule has 0 radical (unpaired) electrons. The second-order valence-electron chi connectivity index (χ2n) is 4.95. The first kappa shape index (κ1) is 13.8. The van der Waals surface area contributed by atoms with E-state index in [0.29, 0.717) is 5.92 Å². The van der Waals surface area contributed by atoms with E-state index in [0.717, 1.165) is 31.2 Å². The van der Waals surface area contributed by atoms with E-state index in [-0.39, 0.29) is 6.10 Å². The molecular formula is C16H22O. The van der Waals surface area contributed by atoms with Crippen LogP contribution in [0.1, 0.15) is 50.3 Å². The summed E-state index contributed by atoms with van der Waals surface area (Å²) < 4.78 is 0. The predicted octanol–water partition coefficient (Wildman–Crippen LogP) is 3.72. The Morgan fingerprint density at radius 2 is 1.88 bits per heavy atom. The molecule has 1 aromatic rings. The van der Waals surface area contributed by atoms with Gasteiger partial charge in [-0.25, -0.2) is 0 Å². The molecule has 1 unspecified atom stereocenters. The van der Waals surface area contributed by atoms with Gasteiger partial charge in [0, 0.05) is 6.42 Å². The van der Waals surface area contributed by atoms with Gasteiger partial charge in [0.2, 0.25) is 0 Å². The zero-order valence-corrected chi connectivity index (χ0v) is 10.8. The van der Waals surface area contributed by atoms with Crippen LogP contribution in [0.2, 0.25) is 0 Å². The molecule has 0 fully saturated rings. The van der Waals surface area contributed by atoms with Crippen LogP contribution in [0.15, 0.2) is 24.3 Å². The Kier molecular flexibility index (Phi) is 5.80. The van der Waals surface area contributed by atoms with Crippen LogP contribution in [-0.2, 0) is 6.42 Å². The van der Waals surface area contributed by atoms with E-state index < -0.39 is 0 Å². The molecule has 1 aromatic carbocycles. The molecule has 1 atom stereocenters. The van der Waals surface area contributed by atoms with Crippen LogP contribution >= 0.6 is 0 Å². The third-order valence-electron chi connectivity index (χ3n) is 2.81. The summed E-state index contributed by atoms with van der Waals surface area (Å²) in [6, 6.07) is 8.27. The van der Waals surface area contributed by atoms with Gasteiger partial charge in [-0.3, -0.25) is 0 Å². The van der Waals surface area contributed by atoms with E-state index in [1.807, 2.05) is 12.1 Å². The maximum Gasteiger partial charge on any atom is 0.0790 e. The number of benzene rings is 1. The molecular weight excluding hydrogens is 208 g/mol. The van der Waals surface area contributed by atoms with Crippen LogP contribution in [0.25, 0.3) is 0 Å². The molecule has 1 rings (SSSR count). The topological polar surface area (TPSA) is 20.2 Å². The minimum atomic E-state index is -0.378. The molecule has 0 saturated heterocycles. The van der Waals surface area contributed by atoms with E-state index in [1.165, 1.54) is 5.56 Å². The predicted molar refractivity (Wildman–Crippen MR) is 72.6 cm³/mol. The van der Waals surface area contributed by atoms with Gasteiger partial charge in [-0.2, -0.15) is 0 Å². The van der Waals surface area contributed by atoms with Crippen LogP contribution in [0.3, 0.4) is 0 Å². The minimum absolute atomic E-state index is 0.378. The molecule has 0 spiro atoms. The fraction of sp³-hybridized carbons (Fsp3) is 0.500. The molecule has 0 aliphatic heterocycles. The van der Waals surface area contributed by atoms with Crippen molar-refractivity contribution in [1.82, 2.24) is 0 Å². The van der Waals surface area contributed by atoms with Gasteiger partial charge in [-0.15, -0.1) is 12.3 Å². The molecule has 0 amide bonds. The number of terminal acetylenes is 1. The molecule has 1 N–H and O–H groups in total. The molecule has 0 bridgehead atoms. The van der Waals surface area contributed by atoms with Crippen molar-refractivity contribution >= 4 is 0 Å². The molecule has 1 heteroatoms. The maximum absolute atomic E-state index is 9.95. The first-order chi connectivity index (χ1) is 8.13. The molecule has 1 nitrogen and oxygen atoms in total. The van der Waals surface area contributed by atoms with Crippen molar-refractivity contribution < 1.29 is 5.11 Å². The molecule has 92 valence electrons. The zero-order chi connectivity index (χ0) is 12.7. The Hall–Kier alpha value is -1.26. The third-order valence-corrected chi connectivity index (χ3v) is 2.81. The summed E-state index contributed by atoms with van der Waals surface area (Å²) in [5.41, 5.74) is 2.33. The Labute approximate surface area is 105 Å². The zero-order valence-electron chi connectivity index (χ0n) is 10.8. The first-order valence-corrected chi connectivity index (χ1v) is 6.34. The Balaban J connectivity index is 2.52. The van der Waals surface area contributed by atoms with Crippen molar-refractivity contribution in [2.24, 2.45) is 5.92 Å². The smallest absolute Gasteiger partial charge is 0.0790 e. The molecule has 0 aliphatic rings. The summed E-state index contributed by atoms with van der Waals surface area (Å²) in [5, 5.41) is 9.95. The lowest BCUT2D eigenvalue weighted by atomic mass is 9.98. The van der Waals surface area contributed by atoms with Crippen LogP contribution < -0.4 is 0 Å². The molecule has 0 aliphatic carbocycles. The number of aliphatic hydroxyl groups excluding tert-OH is 1. The molecule has 0 heterocycles. The quantitative estimate of drug-likeness (QED) is 0.583. The number of aliphatic hydroxyl groups is 1. The highest BCUT2D eigenvalue weighted by Crippen LogP contribution is 2.20. The van der Waals surface area contributed by atoms with Gasteiger partial charge in [-0.05, 0) is 36.3 Å². The van der Waals surface area contributed by atoms with E-state index in [4.69, 9.17) is 6.42 Å². The Bertz CT molecular complexity index is 356. The SMILES string of the molecule is C#CCCCC(O)c1ccc(CC(C)C)cc1. The first-order valence-electron chi connectivity index (χ1n) is 6.34. The summed E-state index contributed by atoms with van der Waals surface area (Å²) in [4.78, 5) is 0. The van der Waals surface area contributed by atoms with Crippen molar-refractivity contribution in [3.8, 4) is 12.3 Å². The van der Waals surface area contributed by atoms with E-state index in [2.05, 4.69) is 31.9 Å². The Morgan fingerprint density at radius 1 is 1.24 bits per heavy atom. The number of hydrogen-bond acceptors (Lipinski definition) is 1. The van der Waals surface area contributed by atoms with Crippen molar-refractivity contribution in [3.05, 3.63) is 35.4 Å². The van der Waals surface area contributed by atoms with Gasteiger partial charge in [0.1, 0.15) is 0 Å². The number of hydrogen-bond donors (Lipinski definition) is 1. The van der Waals surface area contributed by atoms with E-state index in [1.54, 1.807) is 0 Å². The highest BCUT2D eigenvalue weighted by Gasteiger charge is 2.07. The molecule has 17 heavy (non-hydrogen) atoms.